The Bertz CT molecular complexity index is 477. The fraction of sp³-hybridized carbons (Fsp3) is 0.500. The van der Waals surface area contributed by atoms with Crippen molar-refractivity contribution in [1.29, 1.82) is 0 Å². The molecule has 1 heterocycles. The first kappa shape index (κ1) is 15.9. The zero-order valence-electron chi connectivity index (χ0n) is 11.5. The lowest BCUT2D eigenvalue weighted by molar-refractivity contribution is -0.248. The van der Waals surface area contributed by atoms with Crippen LogP contribution in [0.1, 0.15) is 5.56 Å². The Morgan fingerprint density at radius 2 is 1.86 bits per heavy atom. The van der Waals surface area contributed by atoms with E-state index in [2.05, 4.69) is 4.99 Å². The number of aliphatic imine (C=N–C) groups is 1. The lowest BCUT2D eigenvalue weighted by Gasteiger charge is -2.38. The highest BCUT2D eigenvalue weighted by molar-refractivity contribution is 5.79. The van der Waals surface area contributed by atoms with E-state index in [4.69, 9.17) is 14.6 Å². The molecule has 7 nitrogen and oxygen atoms in total. The summed E-state index contributed by atoms with van der Waals surface area (Å²) in [5.74, 6) is 0.703. The van der Waals surface area contributed by atoms with Crippen molar-refractivity contribution in [3.63, 3.8) is 0 Å². The van der Waals surface area contributed by atoms with Crippen LogP contribution in [0.4, 0.5) is 0 Å². The fourth-order valence-corrected chi connectivity index (χ4v) is 2.11. The second-order valence-corrected chi connectivity index (χ2v) is 4.77. The van der Waals surface area contributed by atoms with Gasteiger partial charge < -0.3 is 29.9 Å². The van der Waals surface area contributed by atoms with Gasteiger partial charge in [-0.3, -0.25) is 4.99 Å². The number of hydrogen-bond donors (Lipinski definition) is 4. The predicted molar refractivity (Wildman–Crippen MR) is 74.4 cm³/mol. The van der Waals surface area contributed by atoms with Crippen molar-refractivity contribution in [2.45, 2.75) is 30.6 Å². The topological polar surface area (TPSA) is 112 Å². The maximum atomic E-state index is 9.93. The molecule has 0 bridgehead atoms. The molecule has 0 saturated carbocycles. The molecule has 4 N–H and O–H groups in total. The highest BCUT2D eigenvalue weighted by Gasteiger charge is 2.43. The molecule has 116 valence electrons. The van der Waals surface area contributed by atoms with Crippen LogP contribution in [0.3, 0.4) is 0 Å². The smallest absolute Gasteiger partial charge is 0.180 e. The van der Waals surface area contributed by atoms with Crippen LogP contribution in [0.2, 0.25) is 0 Å². The summed E-state index contributed by atoms with van der Waals surface area (Å²) in [6, 6.07) is 6.00. The first-order chi connectivity index (χ1) is 10.1. The summed E-state index contributed by atoms with van der Waals surface area (Å²) in [6.45, 7) is -0.496. The van der Waals surface area contributed by atoms with Gasteiger partial charge in [0, 0.05) is 6.21 Å². The summed E-state index contributed by atoms with van der Waals surface area (Å²) >= 11 is 0. The molecule has 1 aliphatic rings. The Morgan fingerprint density at radius 1 is 1.19 bits per heavy atom. The first-order valence-corrected chi connectivity index (χ1v) is 6.54. The summed E-state index contributed by atoms with van der Waals surface area (Å²) in [4.78, 5) is 4.06. The van der Waals surface area contributed by atoms with Crippen LogP contribution >= 0.6 is 0 Å². The Morgan fingerprint density at radius 3 is 2.43 bits per heavy atom. The summed E-state index contributed by atoms with van der Waals surface area (Å²) in [7, 11) is 1.56. The van der Waals surface area contributed by atoms with Crippen molar-refractivity contribution >= 4 is 6.21 Å². The van der Waals surface area contributed by atoms with Gasteiger partial charge >= 0.3 is 0 Å². The van der Waals surface area contributed by atoms with Crippen LogP contribution in [0.25, 0.3) is 0 Å². The molecule has 0 amide bonds. The minimum atomic E-state index is -1.39. The van der Waals surface area contributed by atoms with E-state index in [1.165, 1.54) is 6.21 Å². The van der Waals surface area contributed by atoms with E-state index >= 15 is 0 Å². The van der Waals surface area contributed by atoms with E-state index in [1.54, 1.807) is 31.4 Å². The molecule has 2 rings (SSSR count). The summed E-state index contributed by atoms with van der Waals surface area (Å²) in [5.41, 5.74) is 0.744. The average molecular weight is 297 g/mol. The van der Waals surface area contributed by atoms with Crippen LogP contribution in [-0.4, -0.2) is 71.0 Å². The molecule has 7 heteroatoms. The number of nitrogens with zero attached hydrogens (tertiary/aromatic N) is 1. The molecule has 0 spiro atoms. The van der Waals surface area contributed by atoms with Crippen LogP contribution in [0.5, 0.6) is 5.75 Å². The quantitative estimate of drug-likeness (QED) is 0.526. The molecule has 1 aliphatic heterocycles. The molecule has 1 fully saturated rings. The SMILES string of the molecule is COc1ccc(/C=N/C2C(O)OC(CO)[C@@H](O)[C@@H]2O)cc1. The lowest BCUT2D eigenvalue weighted by atomic mass is 9.97. The number of methoxy groups -OCH3 is 1. The van der Waals surface area contributed by atoms with E-state index in [9.17, 15) is 15.3 Å². The molecular weight excluding hydrogens is 278 g/mol. The number of aliphatic hydroxyl groups excluding tert-OH is 4. The molecule has 1 aromatic rings. The molecule has 1 aromatic carbocycles. The Labute approximate surface area is 122 Å². The van der Waals surface area contributed by atoms with Gasteiger partial charge in [-0.2, -0.15) is 0 Å². The number of rotatable bonds is 4. The van der Waals surface area contributed by atoms with Gasteiger partial charge in [0.25, 0.3) is 0 Å². The van der Waals surface area contributed by atoms with Gasteiger partial charge in [0.05, 0.1) is 13.7 Å². The fourth-order valence-electron chi connectivity index (χ4n) is 2.11. The number of ether oxygens (including phenoxy) is 2. The normalized spacial score (nSPS) is 33.3. The third-order valence-electron chi connectivity index (χ3n) is 3.38. The Hall–Kier alpha value is -1.51. The summed E-state index contributed by atoms with van der Waals surface area (Å²) in [5, 5.41) is 38.5. The first-order valence-electron chi connectivity index (χ1n) is 6.54. The second kappa shape index (κ2) is 6.97. The van der Waals surface area contributed by atoms with Gasteiger partial charge in [0.2, 0.25) is 0 Å². The average Bonchev–Trinajstić information content (AvgIpc) is 2.51. The van der Waals surface area contributed by atoms with Crippen LogP contribution in [0.15, 0.2) is 29.3 Å². The van der Waals surface area contributed by atoms with E-state index in [0.29, 0.717) is 5.75 Å². The van der Waals surface area contributed by atoms with Crippen LogP contribution in [-0.2, 0) is 4.74 Å². The van der Waals surface area contributed by atoms with Gasteiger partial charge in [0.15, 0.2) is 6.29 Å². The molecule has 5 atom stereocenters. The van der Waals surface area contributed by atoms with Crippen molar-refractivity contribution in [3.05, 3.63) is 29.8 Å². The Balaban J connectivity index is 2.08. The summed E-state index contributed by atoms with van der Waals surface area (Å²) in [6.07, 6.45) is -3.58. The lowest BCUT2D eigenvalue weighted by Crippen LogP contribution is -2.57. The number of hydrogen-bond acceptors (Lipinski definition) is 7. The molecule has 0 radical (unpaired) electrons. The number of aliphatic hydroxyl groups is 4. The standard InChI is InChI=1S/C14H19NO6/c1-20-9-4-2-8(3-5-9)6-15-11-13(18)12(17)10(7-16)21-14(11)19/h2-6,10-14,16-19H,7H2,1H3/b15-6+/t10?,11?,12-,13-,14?/m1/s1. The van der Waals surface area contributed by atoms with Crippen molar-refractivity contribution < 1.29 is 29.9 Å². The largest absolute Gasteiger partial charge is 0.497 e. The van der Waals surface area contributed by atoms with Gasteiger partial charge in [-0.15, -0.1) is 0 Å². The molecule has 0 aromatic heterocycles. The maximum absolute atomic E-state index is 9.93. The van der Waals surface area contributed by atoms with Crippen molar-refractivity contribution in [1.82, 2.24) is 0 Å². The van der Waals surface area contributed by atoms with Crippen LogP contribution in [0, 0.1) is 0 Å². The summed E-state index contributed by atoms with van der Waals surface area (Å²) < 4.78 is 10.1. The van der Waals surface area contributed by atoms with Crippen molar-refractivity contribution in [3.8, 4) is 5.75 Å². The predicted octanol–water partition coefficient (Wildman–Crippen LogP) is -1.09. The van der Waals surface area contributed by atoms with Gasteiger partial charge in [-0.25, -0.2) is 0 Å². The minimum Gasteiger partial charge on any atom is -0.497 e. The number of benzene rings is 1. The van der Waals surface area contributed by atoms with Gasteiger partial charge in [0.1, 0.15) is 30.1 Å². The van der Waals surface area contributed by atoms with Crippen molar-refractivity contribution in [2.75, 3.05) is 13.7 Å². The van der Waals surface area contributed by atoms with E-state index in [-0.39, 0.29) is 0 Å². The zero-order chi connectivity index (χ0) is 15.4. The Kier molecular flexibility index (Phi) is 5.27. The third-order valence-corrected chi connectivity index (χ3v) is 3.38. The highest BCUT2D eigenvalue weighted by atomic mass is 16.6. The van der Waals surface area contributed by atoms with Crippen LogP contribution < -0.4 is 4.74 Å². The molecular formula is C14H19NO6. The van der Waals surface area contributed by atoms with E-state index in [1.807, 2.05) is 0 Å². The maximum Gasteiger partial charge on any atom is 0.180 e. The van der Waals surface area contributed by atoms with Gasteiger partial charge in [-0.1, -0.05) is 0 Å². The van der Waals surface area contributed by atoms with Gasteiger partial charge in [-0.05, 0) is 29.8 Å². The monoisotopic (exact) mass is 297 g/mol. The molecule has 21 heavy (non-hydrogen) atoms. The third kappa shape index (κ3) is 3.58. The highest BCUT2D eigenvalue weighted by Crippen LogP contribution is 2.22. The van der Waals surface area contributed by atoms with Crippen molar-refractivity contribution in [2.24, 2.45) is 4.99 Å². The van der Waals surface area contributed by atoms with E-state index < -0.39 is 37.3 Å². The van der Waals surface area contributed by atoms with E-state index in [0.717, 1.165) is 5.56 Å². The molecule has 1 saturated heterocycles. The second-order valence-electron chi connectivity index (χ2n) is 4.77. The zero-order valence-corrected chi connectivity index (χ0v) is 11.5. The minimum absolute atomic E-state index is 0.496. The molecule has 3 unspecified atom stereocenters. The molecule has 0 aliphatic carbocycles.